The number of allylic oxidation sites excluding steroid dienone is 3. The van der Waals surface area contributed by atoms with Crippen molar-refractivity contribution in [3.05, 3.63) is 58.8 Å². The molecular weight excluding hydrogens is 348 g/mol. The lowest BCUT2D eigenvalue weighted by Gasteiger charge is -2.36. The van der Waals surface area contributed by atoms with Crippen LogP contribution in [0.5, 0.6) is 0 Å². The third-order valence-electron chi connectivity index (χ3n) is 6.61. The summed E-state index contributed by atoms with van der Waals surface area (Å²) in [6, 6.07) is 7.03. The highest BCUT2D eigenvalue weighted by molar-refractivity contribution is 5.75. The predicted octanol–water partition coefficient (Wildman–Crippen LogP) is 3.28. The Morgan fingerprint density at radius 3 is 2.57 bits per heavy atom. The molecule has 1 amide bonds. The summed E-state index contributed by atoms with van der Waals surface area (Å²) in [5, 5.41) is 14.2. The minimum Gasteiger partial charge on any atom is -0.390 e. The lowest BCUT2D eigenvalue weighted by Crippen LogP contribution is -2.44. The van der Waals surface area contributed by atoms with Gasteiger partial charge in [-0.1, -0.05) is 31.2 Å². The number of carbonyl (C=O) groups is 1. The molecule has 1 aromatic rings. The van der Waals surface area contributed by atoms with E-state index in [0.717, 1.165) is 51.6 Å². The summed E-state index contributed by atoms with van der Waals surface area (Å²) in [4.78, 5) is 14.1. The van der Waals surface area contributed by atoms with Gasteiger partial charge in [-0.25, -0.2) is 0 Å². The van der Waals surface area contributed by atoms with Crippen molar-refractivity contribution in [3.63, 3.8) is 0 Å². The molecule has 2 N–H and O–H groups in total. The number of amides is 1. The third-order valence-corrected chi connectivity index (χ3v) is 6.61. The van der Waals surface area contributed by atoms with E-state index >= 15 is 0 Å². The fraction of sp³-hybridized carbons (Fsp3) is 0.542. The number of rotatable bonds is 5. The SMILES string of the molecule is CCC(=O)NC1CCC(O)(Cc2ccc3c(c2)CCN(C2=CC=C2)CC3)CC1. The molecule has 0 radical (unpaired) electrons. The van der Waals surface area contributed by atoms with E-state index in [2.05, 4.69) is 46.6 Å². The summed E-state index contributed by atoms with van der Waals surface area (Å²) >= 11 is 0. The average molecular weight is 381 g/mol. The molecular formula is C24H32N2O2. The minimum absolute atomic E-state index is 0.114. The number of fused-ring (bicyclic) bond motifs is 1. The van der Waals surface area contributed by atoms with Gasteiger partial charge in [-0.3, -0.25) is 4.79 Å². The van der Waals surface area contributed by atoms with Crippen molar-refractivity contribution < 1.29 is 9.90 Å². The Morgan fingerprint density at radius 1 is 1.21 bits per heavy atom. The monoisotopic (exact) mass is 380 g/mol. The zero-order chi connectivity index (χ0) is 19.6. The fourth-order valence-corrected chi connectivity index (χ4v) is 4.73. The lowest BCUT2D eigenvalue weighted by molar-refractivity contribution is -0.122. The topological polar surface area (TPSA) is 52.6 Å². The first-order valence-electron chi connectivity index (χ1n) is 10.8. The number of benzene rings is 1. The Hall–Kier alpha value is -2.07. The van der Waals surface area contributed by atoms with E-state index in [9.17, 15) is 9.90 Å². The zero-order valence-electron chi connectivity index (χ0n) is 16.9. The molecule has 1 aromatic carbocycles. The smallest absolute Gasteiger partial charge is 0.219 e. The summed E-state index contributed by atoms with van der Waals surface area (Å²) in [5.41, 5.74) is 4.85. The van der Waals surface area contributed by atoms with E-state index in [1.165, 1.54) is 22.4 Å². The first-order chi connectivity index (χ1) is 13.5. The van der Waals surface area contributed by atoms with E-state index in [-0.39, 0.29) is 11.9 Å². The second-order valence-corrected chi connectivity index (χ2v) is 8.64. The van der Waals surface area contributed by atoms with Crippen LogP contribution in [0.15, 0.2) is 42.1 Å². The van der Waals surface area contributed by atoms with Crippen LogP contribution in [0.2, 0.25) is 0 Å². The van der Waals surface area contributed by atoms with E-state index < -0.39 is 5.60 Å². The van der Waals surface area contributed by atoms with Gasteiger partial charge in [0.15, 0.2) is 0 Å². The standard InChI is InChI=1S/C24H32N2O2/c1-2-23(27)25-21-8-12-24(28,13-9-21)17-18-6-7-19-10-14-26(22-4-3-5-22)15-11-20(19)16-18/h3-7,16,21,28H,2,8-15,17H2,1H3,(H,25,27). The quantitative estimate of drug-likeness (QED) is 0.824. The third kappa shape index (κ3) is 4.33. The molecule has 1 fully saturated rings. The Balaban J connectivity index is 1.36. The van der Waals surface area contributed by atoms with Crippen molar-refractivity contribution in [2.45, 2.75) is 69.9 Å². The van der Waals surface area contributed by atoms with E-state index in [0.29, 0.717) is 12.8 Å². The number of nitrogens with zero attached hydrogens (tertiary/aromatic N) is 1. The van der Waals surface area contributed by atoms with Gasteiger partial charge in [-0.05, 0) is 67.4 Å². The average Bonchev–Trinajstić information content (AvgIpc) is 2.85. The maximum absolute atomic E-state index is 11.6. The number of nitrogens with one attached hydrogen (secondary N) is 1. The lowest BCUT2D eigenvalue weighted by atomic mass is 9.78. The number of carbonyl (C=O) groups excluding carboxylic acids is 1. The molecule has 0 spiro atoms. The van der Waals surface area contributed by atoms with Crippen LogP contribution in [-0.2, 0) is 24.1 Å². The van der Waals surface area contributed by atoms with Crippen LogP contribution < -0.4 is 5.32 Å². The van der Waals surface area contributed by atoms with Gasteiger partial charge in [0.25, 0.3) is 0 Å². The van der Waals surface area contributed by atoms with Crippen molar-refractivity contribution in [1.29, 1.82) is 0 Å². The Kier molecular flexibility index (Phi) is 5.58. The second-order valence-electron chi connectivity index (χ2n) is 8.64. The Labute approximate surface area is 168 Å². The van der Waals surface area contributed by atoms with Crippen molar-refractivity contribution in [2.24, 2.45) is 0 Å². The molecule has 4 rings (SSSR count). The number of aliphatic hydroxyl groups is 1. The van der Waals surface area contributed by atoms with Crippen LogP contribution in [0.3, 0.4) is 0 Å². The van der Waals surface area contributed by atoms with Crippen LogP contribution >= 0.6 is 0 Å². The Bertz CT molecular complexity index is 788. The van der Waals surface area contributed by atoms with Gasteiger partial charge in [0.05, 0.1) is 5.60 Å². The molecule has 28 heavy (non-hydrogen) atoms. The largest absolute Gasteiger partial charge is 0.390 e. The van der Waals surface area contributed by atoms with E-state index in [1.54, 1.807) is 0 Å². The van der Waals surface area contributed by atoms with Crippen molar-refractivity contribution in [2.75, 3.05) is 13.1 Å². The van der Waals surface area contributed by atoms with Gasteiger partial charge in [-0.2, -0.15) is 0 Å². The van der Waals surface area contributed by atoms with Crippen LogP contribution in [0, 0.1) is 0 Å². The molecule has 4 heteroatoms. The summed E-state index contributed by atoms with van der Waals surface area (Å²) in [7, 11) is 0. The van der Waals surface area contributed by atoms with Crippen LogP contribution in [0.25, 0.3) is 0 Å². The van der Waals surface area contributed by atoms with Gasteiger partial charge in [0.2, 0.25) is 5.91 Å². The fourth-order valence-electron chi connectivity index (χ4n) is 4.73. The summed E-state index contributed by atoms with van der Waals surface area (Å²) < 4.78 is 0. The van der Waals surface area contributed by atoms with Crippen molar-refractivity contribution in [3.8, 4) is 0 Å². The molecule has 3 aliphatic rings. The van der Waals surface area contributed by atoms with Crippen molar-refractivity contribution >= 4 is 5.91 Å². The number of hydrogen-bond acceptors (Lipinski definition) is 3. The highest BCUT2D eigenvalue weighted by Crippen LogP contribution is 2.32. The Morgan fingerprint density at radius 2 is 1.93 bits per heavy atom. The van der Waals surface area contributed by atoms with Gasteiger partial charge in [-0.15, -0.1) is 0 Å². The van der Waals surface area contributed by atoms with Gasteiger partial charge in [0, 0.05) is 37.7 Å². The molecule has 1 saturated carbocycles. The molecule has 0 bridgehead atoms. The number of hydrogen-bond donors (Lipinski definition) is 2. The van der Waals surface area contributed by atoms with Crippen LogP contribution in [0.4, 0.5) is 0 Å². The van der Waals surface area contributed by atoms with Crippen LogP contribution in [0.1, 0.15) is 55.7 Å². The van der Waals surface area contributed by atoms with Crippen LogP contribution in [-0.4, -0.2) is 40.6 Å². The first kappa shape index (κ1) is 19.3. The maximum atomic E-state index is 11.6. The molecule has 1 heterocycles. The summed E-state index contributed by atoms with van der Waals surface area (Å²) in [6.45, 7) is 4.03. The molecule has 0 atom stereocenters. The molecule has 2 aliphatic carbocycles. The summed E-state index contributed by atoms with van der Waals surface area (Å²) in [5.74, 6) is 0.114. The molecule has 0 saturated heterocycles. The predicted molar refractivity (Wildman–Crippen MR) is 112 cm³/mol. The molecule has 0 aromatic heterocycles. The van der Waals surface area contributed by atoms with E-state index in [4.69, 9.17) is 0 Å². The molecule has 4 nitrogen and oxygen atoms in total. The molecule has 150 valence electrons. The highest BCUT2D eigenvalue weighted by atomic mass is 16.3. The highest BCUT2D eigenvalue weighted by Gasteiger charge is 2.34. The summed E-state index contributed by atoms with van der Waals surface area (Å²) in [6.07, 6.45) is 13.1. The van der Waals surface area contributed by atoms with Gasteiger partial charge >= 0.3 is 0 Å². The van der Waals surface area contributed by atoms with Gasteiger partial charge in [0.1, 0.15) is 0 Å². The molecule has 1 aliphatic heterocycles. The normalized spacial score (nSPS) is 26.7. The van der Waals surface area contributed by atoms with Gasteiger partial charge < -0.3 is 15.3 Å². The van der Waals surface area contributed by atoms with E-state index in [1.807, 2.05) is 6.92 Å². The first-order valence-corrected chi connectivity index (χ1v) is 10.8. The zero-order valence-corrected chi connectivity index (χ0v) is 16.9. The molecule has 0 unspecified atom stereocenters. The minimum atomic E-state index is -0.639. The second kappa shape index (κ2) is 8.12. The maximum Gasteiger partial charge on any atom is 0.219 e. The van der Waals surface area contributed by atoms with Crippen molar-refractivity contribution in [1.82, 2.24) is 10.2 Å².